The zero-order valence-corrected chi connectivity index (χ0v) is 11.8. The molecular formula is C16H20FNO2. The van der Waals surface area contributed by atoms with Gasteiger partial charge in [0.15, 0.2) is 5.78 Å². The molecule has 1 aromatic rings. The Bertz CT molecular complexity index is 515. The molecule has 0 N–H and O–H groups in total. The average Bonchev–Trinajstić information content (AvgIpc) is 2.46. The van der Waals surface area contributed by atoms with Crippen molar-refractivity contribution in [3.8, 4) is 0 Å². The molecule has 1 aromatic carbocycles. The van der Waals surface area contributed by atoms with Crippen LogP contribution in [0.4, 0.5) is 10.1 Å². The molecule has 3 rings (SSSR count). The fraction of sp³-hybridized carbons (Fsp3) is 0.562. The molecule has 108 valence electrons. The predicted octanol–water partition coefficient (Wildman–Crippen LogP) is 3.18. The van der Waals surface area contributed by atoms with E-state index >= 15 is 0 Å². The smallest absolute Gasteiger partial charge is 0.164 e. The van der Waals surface area contributed by atoms with E-state index < -0.39 is 5.82 Å². The highest BCUT2D eigenvalue weighted by molar-refractivity contribution is 6.00. The van der Waals surface area contributed by atoms with E-state index in [2.05, 4.69) is 4.90 Å². The summed E-state index contributed by atoms with van der Waals surface area (Å²) in [7, 11) is 0. The van der Waals surface area contributed by atoms with Crippen LogP contribution in [0, 0.1) is 5.82 Å². The van der Waals surface area contributed by atoms with E-state index in [0.29, 0.717) is 6.61 Å². The number of Topliss-reactive ketones (excluding diaryl/α,β-unsaturated/α-hetero) is 1. The Kier molecular flexibility index (Phi) is 3.74. The summed E-state index contributed by atoms with van der Waals surface area (Å²) in [5.74, 6) is -0.634. The largest absolute Gasteiger partial charge is 0.374 e. The summed E-state index contributed by atoms with van der Waals surface area (Å²) >= 11 is 0. The number of ketones is 1. The van der Waals surface area contributed by atoms with Gasteiger partial charge in [-0.25, -0.2) is 4.39 Å². The minimum atomic E-state index is -0.422. The number of rotatable bonds is 2. The van der Waals surface area contributed by atoms with Gasteiger partial charge in [0.05, 0.1) is 30.0 Å². The van der Waals surface area contributed by atoms with Crippen molar-refractivity contribution in [2.45, 2.75) is 44.8 Å². The lowest BCUT2D eigenvalue weighted by Gasteiger charge is -2.45. The maximum atomic E-state index is 14.0. The van der Waals surface area contributed by atoms with E-state index in [-0.39, 0.29) is 23.5 Å². The molecule has 0 radical (unpaired) electrons. The molecule has 4 heteroatoms. The fourth-order valence-electron chi connectivity index (χ4n) is 3.50. The summed E-state index contributed by atoms with van der Waals surface area (Å²) in [6.07, 6.45) is 4.70. The first-order valence-electron chi connectivity index (χ1n) is 7.36. The molecule has 0 aromatic heterocycles. The maximum Gasteiger partial charge on any atom is 0.164 e. The molecular weight excluding hydrogens is 257 g/mol. The fourth-order valence-corrected chi connectivity index (χ4v) is 3.50. The summed E-state index contributed by atoms with van der Waals surface area (Å²) in [4.78, 5) is 14.0. The van der Waals surface area contributed by atoms with E-state index in [0.717, 1.165) is 25.1 Å². The number of anilines is 1. The molecule has 0 spiro atoms. The first kappa shape index (κ1) is 13.6. The molecule has 1 aliphatic carbocycles. The first-order valence-corrected chi connectivity index (χ1v) is 7.36. The monoisotopic (exact) mass is 277 g/mol. The minimum Gasteiger partial charge on any atom is -0.374 e. The van der Waals surface area contributed by atoms with Crippen LogP contribution in [0.25, 0.3) is 0 Å². The van der Waals surface area contributed by atoms with Crippen molar-refractivity contribution in [3.05, 3.63) is 29.6 Å². The van der Waals surface area contributed by atoms with Crippen molar-refractivity contribution in [1.82, 2.24) is 0 Å². The number of nitrogens with zero attached hydrogens (tertiary/aromatic N) is 1. The van der Waals surface area contributed by atoms with Crippen LogP contribution in [0.3, 0.4) is 0 Å². The SMILES string of the molecule is CC(=O)c1c(F)cccc1N1CCOC2CCCCC21. The van der Waals surface area contributed by atoms with Crippen LogP contribution in [-0.2, 0) is 4.74 Å². The van der Waals surface area contributed by atoms with Crippen molar-refractivity contribution in [2.75, 3.05) is 18.1 Å². The number of halogens is 1. The number of hydrogen-bond donors (Lipinski definition) is 0. The van der Waals surface area contributed by atoms with Crippen LogP contribution in [0.1, 0.15) is 43.0 Å². The molecule has 2 aliphatic rings. The molecule has 1 saturated heterocycles. The zero-order chi connectivity index (χ0) is 14.1. The summed E-state index contributed by atoms with van der Waals surface area (Å²) in [6.45, 7) is 2.81. The van der Waals surface area contributed by atoms with Crippen LogP contribution in [0.2, 0.25) is 0 Å². The normalized spacial score (nSPS) is 26.2. The summed E-state index contributed by atoms with van der Waals surface area (Å²) in [5, 5.41) is 0. The van der Waals surface area contributed by atoms with Crippen molar-refractivity contribution in [2.24, 2.45) is 0 Å². The number of benzene rings is 1. The van der Waals surface area contributed by atoms with Gasteiger partial charge < -0.3 is 9.64 Å². The summed E-state index contributed by atoms with van der Waals surface area (Å²) in [6, 6.07) is 5.18. The molecule has 2 unspecified atom stereocenters. The van der Waals surface area contributed by atoms with Gasteiger partial charge in [-0.15, -0.1) is 0 Å². The van der Waals surface area contributed by atoms with E-state index in [1.165, 1.54) is 25.8 Å². The number of carbonyl (C=O) groups excluding carboxylic acids is 1. The van der Waals surface area contributed by atoms with Gasteiger partial charge in [0.25, 0.3) is 0 Å². The standard InChI is InChI=1S/C16H20FNO2/c1-11(19)16-12(17)5-4-7-14(16)18-9-10-20-15-8-3-2-6-13(15)18/h4-5,7,13,15H,2-3,6,8-10H2,1H3. The van der Waals surface area contributed by atoms with Gasteiger partial charge in [0.2, 0.25) is 0 Å². The lowest BCUT2D eigenvalue weighted by molar-refractivity contribution is -0.00875. The average molecular weight is 277 g/mol. The molecule has 2 atom stereocenters. The number of morpholine rings is 1. The number of carbonyl (C=O) groups is 1. The molecule has 3 nitrogen and oxygen atoms in total. The molecule has 20 heavy (non-hydrogen) atoms. The van der Waals surface area contributed by atoms with Crippen molar-refractivity contribution in [1.29, 1.82) is 0 Å². The molecule has 1 saturated carbocycles. The molecule has 2 fully saturated rings. The zero-order valence-electron chi connectivity index (χ0n) is 11.8. The van der Waals surface area contributed by atoms with E-state index in [4.69, 9.17) is 4.74 Å². The van der Waals surface area contributed by atoms with Gasteiger partial charge in [-0.3, -0.25) is 4.79 Å². The van der Waals surface area contributed by atoms with Crippen LogP contribution < -0.4 is 4.90 Å². The third-order valence-corrected chi connectivity index (χ3v) is 4.39. The van der Waals surface area contributed by atoms with Gasteiger partial charge in [0, 0.05) is 6.54 Å². The Morgan fingerprint density at radius 3 is 2.95 bits per heavy atom. The number of fused-ring (bicyclic) bond motifs is 1. The van der Waals surface area contributed by atoms with Gasteiger partial charge in [-0.1, -0.05) is 18.9 Å². The van der Waals surface area contributed by atoms with Crippen molar-refractivity contribution < 1.29 is 13.9 Å². The van der Waals surface area contributed by atoms with Gasteiger partial charge in [-0.05, 0) is 31.9 Å². The van der Waals surface area contributed by atoms with E-state index in [9.17, 15) is 9.18 Å². The lowest BCUT2D eigenvalue weighted by Crippen LogP contribution is -2.53. The highest BCUT2D eigenvalue weighted by Gasteiger charge is 2.35. The van der Waals surface area contributed by atoms with E-state index in [1.54, 1.807) is 6.07 Å². The Morgan fingerprint density at radius 1 is 1.35 bits per heavy atom. The third kappa shape index (κ3) is 2.33. The quantitative estimate of drug-likeness (QED) is 0.778. The molecule has 0 amide bonds. The minimum absolute atomic E-state index is 0.211. The van der Waals surface area contributed by atoms with Gasteiger partial charge in [-0.2, -0.15) is 0 Å². The highest BCUT2D eigenvalue weighted by Crippen LogP contribution is 2.34. The van der Waals surface area contributed by atoms with Crippen molar-refractivity contribution >= 4 is 11.5 Å². The Morgan fingerprint density at radius 2 is 2.15 bits per heavy atom. The second-order valence-electron chi connectivity index (χ2n) is 5.64. The summed E-state index contributed by atoms with van der Waals surface area (Å²) < 4.78 is 19.8. The maximum absolute atomic E-state index is 14.0. The third-order valence-electron chi connectivity index (χ3n) is 4.39. The van der Waals surface area contributed by atoms with Gasteiger partial charge >= 0.3 is 0 Å². The second-order valence-corrected chi connectivity index (χ2v) is 5.64. The highest BCUT2D eigenvalue weighted by atomic mass is 19.1. The second kappa shape index (κ2) is 5.52. The Labute approximate surface area is 118 Å². The number of hydrogen-bond acceptors (Lipinski definition) is 3. The van der Waals surface area contributed by atoms with Crippen LogP contribution in [-0.4, -0.2) is 31.1 Å². The number of ether oxygens (including phenoxy) is 1. The summed E-state index contributed by atoms with van der Waals surface area (Å²) in [5.41, 5.74) is 0.955. The van der Waals surface area contributed by atoms with Crippen molar-refractivity contribution in [3.63, 3.8) is 0 Å². The lowest BCUT2D eigenvalue weighted by atomic mass is 9.89. The first-order chi connectivity index (χ1) is 9.68. The van der Waals surface area contributed by atoms with Gasteiger partial charge in [0.1, 0.15) is 5.82 Å². The van der Waals surface area contributed by atoms with E-state index in [1.807, 2.05) is 6.07 Å². The predicted molar refractivity (Wildman–Crippen MR) is 75.7 cm³/mol. The molecule has 1 aliphatic heterocycles. The Hall–Kier alpha value is -1.42. The van der Waals surface area contributed by atoms with Crippen LogP contribution in [0.15, 0.2) is 18.2 Å². The van der Waals surface area contributed by atoms with Crippen LogP contribution in [0.5, 0.6) is 0 Å². The topological polar surface area (TPSA) is 29.5 Å². The Balaban J connectivity index is 1.99. The molecule has 0 bridgehead atoms. The van der Waals surface area contributed by atoms with Crippen LogP contribution >= 0.6 is 0 Å². The molecule has 1 heterocycles.